The number of aromatic nitrogens is 2. The minimum atomic E-state index is -0.320. The van der Waals surface area contributed by atoms with Gasteiger partial charge in [0.05, 0.1) is 6.04 Å². The molecule has 2 aliphatic rings. The fourth-order valence-corrected chi connectivity index (χ4v) is 5.53. The molecule has 3 aromatic rings. The van der Waals surface area contributed by atoms with E-state index in [4.69, 9.17) is 0 Å². The van der Waals surface area contributed by atoms with E-state index < -0.39 is 0 Å². The second kappa shape index (κ2) is 6.60. The van der Waals surface area contributed by atoms with Gasteiger partial charge in [-0.2, -0.15) is 0 Å². The highest BCUT2D eigenvalue weighted by Gasteiger charge is 2.25. The number of rotatable bonds is 2. The predicted octanol–water partition coefficient (Wildman–Crippen LogP) is 3.44. The van der Waals surface area contributed by atoms with E-state index in [0.29, 0.717) is 4.96 Å². The van der Waals surface area contributed by atoms with Crippen molar-refractivity contribution in [3.05, 3.63) is 68.1 Å². The van der Waals surface area contributed by atoms with Crippen LogP contribution in [0.5, 0.6) is 0 Å². The number of benzene rings is 1. The minimum absolute atomic E-state index is 0.0427. The first kappa shape index (κ1) is 16.7. The van der Waals surface area contributed by atoms with Gasteiger partial charge < -0.3 is 5.32 Å². The van der Waals surface area contributed by atoms with Gasteiger partial charge in [0, 0.05) is 16.8 Å². The number of amides is 1. The number of aryl methyl sites for hydroxylation is 3. The summed E-state index contributed by atoms with van der Waals surface area (Å²) in [5.41, 5.74) is 3.41. The average Bonchev–Trinajstić information content (AvgIpc) is 3.08. The van der Waals surface area contributed by atoms with Gasteiger partial charge in [-0.25, -0.2) is 4.98 Å². The summed E-state index contributed by atoms with van der Waals surface area (Å²) in [6.07, 6.45) is 8.55. The van der Waals surface area contributed by atoms with Crippen molar-refractivity contribution in [2.24, 2.45) is 0 Å². The van der Waals surface area contributed by atoms with Crippen LogP contribution in [0, 0.1) is 0 Å². The molecule has 0 aliphatic heterocycles. The molecule has 2 aliphatic carbocycles. The van der Waals surface area contributed by atoms with E-state index in [0.717, 1.165) is 50.6 Å². The molecule has 5 rings (SSSR count). The molecule has 0 saturated carbocycles. The molecule has 0 unspecified atom stereocenters. The van der Waals surface area contributed by atoms with E-state index in [-0.39, 0.29) is 23.1 Å². The number of nitrogens with one attached hydrogen (secondary N) is 1. The summed E-state index contributed by atoms with van der Waals surface area (Å²) in [4.78, 5) is 32.3. The molecular weight excluding hydrogens is 358 g/mol. The lowest BCUT2D eigenvalue weighted by Gasteiger charge is -2.26. The molecule has 6 heteroatoms. The lowest BCUT2D eigenvalue weighted by Crippen LogP contribution is -2.35. The molecule has 1 amide bonds. The monoisotopic (exact) mass is 379 g/mol. The molecule has 1 aromatic carbocycles. The molecule has 138 valence electrons. The van der Waals surface area contributed by atoms with Crippen molar-refractivity contribution in [1.82, 2.24) is 14.7 Å². The van der Waals surface area contributed by atoms with Gasteiger partial charge in [-0.05, 0) is 56.1 Å². The Morgan fingerprint density at radius 3 is 2.93 bits per heavy atom. The van der Waals surface area contributed by atoms with Crippen molar-refractivity contribution in [2.75, 3.05) is 0 Å². The van der Waals surface area contributed by atoms with Gasteiger partial charge in [-0.1, -0.05) is 24.3 Å². The molecule has 0 saturated heterocycles. The van der Waals surface area contributed by atoms with Crippen LogP contribution in [0.15, 0.2) is 35.3 Å². The van der Waals surface area contributed by atoms with Crippen molar-refractivity contribution in [3.8, 4) is 0 Å². The maximum absolute atomic E-state index is 13.1. The summed E-state index contributed by atoms with van der Waals surface area (Å²) in [5, 5.41) is 3.08. The van der Waals surface area contributed by atoms with E-state index in [9.17, 15) is 9.59 Å². The Hall–Kier alpha value is -2.47. The van der Waals surface area contributed by atoms with E-state index in [2.05, 4.69) is 22.4 Å². The van der Waals surface area contributed by atoms with Gasteiger partial charge in [0.1, 0.15) is 5.56 Å². The smallest absolute Gasteiger partial charge is 0.271 e. The number of hydrogen-bond donors (Lipinski definition) is 1. The Bertz CT molecular complexity index is 1100. The molecule has 0 fully saturated rings. The van der Waals surface area contributed by atoms with Crippen LogP contribution in [0.2, 0.25) is 0 Å². The summed E-state index contributed by atoms with van der Waals surface area (Å²) in [7, 11) is 0. The third-order valence-electron chi connectivity index (χ3n) is 5.72. The van der Waals surface area contributed by atoms with Crippen LogP contribution < -0.4 is 10.9 Å². The number of fused-ring (bicyclic) bond motifs is 4. The SMILES string of the molecule is O=C(N[C@H]1CCCc2ccccc21)c1cnc2sc3c(n2c1=O)CCCC3. The van der Waals surface area contributed by atoms with Crippen LogP contribution >= 0.6 is 11.3 Å². The van der Waals surface area contributed by atoms with Crippen LogP contribution in [0.25, 0.3) is 4.96 Å². The number of nitrogens with zero attached hydrogens (tertiary/aromatic N) is 2. The zero-order valence-electron chi connectivity index (χ0n) is 15.0. The normalized spacial score (nSPS) is 18.7. The quantitative estimate of drug-likeness (QED) is 0.742. The van der Waals surface area contributed by atoms with Crippen LogP contribution in [-0.2, 0) is 19.3 Å². The standard InChI is InChI=1S/C21H21N3O2S/c25-19(23-16-9-5-7-13-6-1-2-8-14(13)16)15-12-22-21-24(20(15)26)17-10-3-4-11-18(17)27-21/h1-2,6,8,12,16H,3-5,7,9-11H2,(H,23,25)/t16-/m0/s1. The first-order chi connectivity index (χ1) is 13.2. The zero-order chi connectivity index (χ0) is 18.4. The maximum atomic E-state index is 13.1. The number of hydrogen-bond acceptors (Lipinski definition) is 4. The Labute approximate surface area is 161 Å². The third kappa shape index (κ3) is 2.79. The van der Waals surface area contributed by atoms with Gasteiger partial charge in [0.2, 0.25) is 0 Å². The van der Waals surface area contributed by atoms with Crippen molar-refractivity contribution >= 4 is 22.2 Å². The molecular formula is C21H21N3O2S. The predicted molar refractivity (Wildman–Crippen MR) is 106 cm³/mol. The zero-order valence-corrected chi connectivity index (χ0v) is 15.8. The number of carbonyl (C=O) groups is 1. The first-order valence-electron chi connectivity index (χ1n) is 9.63. The van der Waals surface area contributed by atoms with Gasteiger partial charge in [-0.3, -0.25) is 14.0 Å². The van der Waals surface area contributed by atoms with Gasteiger partial charge >= 0.3 is 0 Å². The van der Waals surface area contributed by atoms with Gasteiger partial charge in [0.15, 0.2) is 4.96 Å². The fraction of sp³-hybridized carbons (Fsp3) is 0.381. The summed E-state index contributed by atoms with van der Waals surface area (Å²) >= 11 is 1.58. The molecule has 5 nitrogen and oxygen atoms in total. The highest BCUT2D eigenvalue weighted by atomic mass is 32.1. The summed E-state index contributed by atoms with van der Waals surface area (Å²) < 4.78 is 1.67. The highest BCUT2D eigenvalue weighted by Crippen LogP contribution is 2.30. The maximum Gasteiger partial charge on any atom is 0.271 e. The van der Waals surface area contributed by atoms with Crippen molar-refractivity contribution in [3.63, 3.8) is 0 Å². The fourth-order valence-electron chi connectivity index (χ4n) is 4.36. The Kier molecular flexibility index (Phi) is 4.08. The van der Waals surface area contributed by atoms with E-state index >= 15 is 0 Å². The molecule has 2 heterocycles. The number of thiazole rings is 1. The molecule has 27 heavy (non-hydrogen) atoms. The van der Waals surface area contributed by atoms with Crippen molar-refractivity contribution in [1.29, 1.82) is 0 Å². The Balaban J connectivity index is 1.50. The largest absolute Gasteiger partial charge is 0.345 e. The third-order valence-corrected chi connectivity index (χ3v) is 6.88. The summed E-state index contributed by atoms with van der Waals surface area (Å²) in [6, 6.07) is 8.19. The Morgan fingerprint density at radius 1 is 1.15 bits per heavy atom. The molecule has 0 bridgehead atoms. The molecule has 1 atom stereocenters. The second-order valence-corrected chi connectivity index (χ2v) is 8.45. The lowest BCUT2D eigenvalue weighted by molar-refractivity contribution is 0.0930. The first-order valence-corrected chi connectivity index (χ1v) is 10.4. The lowest BCUT2D eigenvalue weighted by atomic mass is 9.87. The van der Waals surface area contributed by atoms with E-state index in [1.807, 2.05) is 12.1 Å². The minimum Gasteiger partial charge on any atom is -0.345 e. The van der Waals surface area contributed by atoms with E-state index in [1.165, 1.54) is 22.2 Å². The molecule has 0 radical (unpaired) electrons. The molecule has 0 spiro atoms. The van der Waals surface area contributed by atoms with Crippen molar-refractivity contribution < 1.29 is 4.79 Å². The molecule has 1 N–H and O–H groups in total. The summed E-state index contributed by atoms with van der Waals surface area (Å²) in [6.45, 7) is 0. The van der Waals surface area contributed by atoms with Crippen molar-refractivity contribution in [2.45, 2.75) is 51.0 Å². The topological polar surface area (TPSA) is 63.5 Å². The van der Waals surface area contributed by atoms with Crippen LogP contribution in [0.4, 0.5) is 0 Å². The Morgan fingerprint density at radius 2 is 2.00 bits per heavy atom. The average molecular weight is 379 g/mol. The highest BCUT2D eigenvalue weighted by molar-refractivity contribution is 7.17. The number of carbonyl (C=O) groups excluding carboxylic acids is 1. The summed E-state index contributed by atoms with van der Waals surface area (Å²) in [5.74, 6) is -0.320. The van der Waals surface area contributed by atoms with Gasteiger partial charge in [0.25, 0.3) is 11.5 Å². The van der Waals surface area contributed by atoms with Crippen LogP contribution in [0.3, 0.4) is 0 Å². The van der Waals surface area contributed by atoms with Gasteiger partial charge in [-0.15, -0.1) is 11.3 Å². The van der Waals surface area contributed by atoms with Crippen LogP contribution in [0.1, 0.15) is 63.8 Å². The second-order valence-electron chi connectivity index (χ2n) is 7.39. The van der Waals surface area contributed by atoms with Crippen LogP contribution in [-0.4, -0.2) is 15.3 Å². The molecule has 2 aromatic heterocycles. The van der Waals surface area contributed by atoms with E-state index in [1.54, 1.807) is 15.7 Å².